The molecule has 0 saturated carbocycles. The molecule has 10 heteroatoms. The van der Waals surface area contributed by atoms with E-state index in [1.54, 1.807) is 41.3 Å². The van der Waals surface area contributed by atoms with Crippen LogP contribution in [0.25, 0.3) is 0 Å². The molecule has 3 atom stereocenters. The molecule has 0 unspecified atom stereocenters. The number of nitrogens with one attached hydrogen (secondary N) is 1. The predicted octanol–water partition coefficient (Wildman–Crippen LogP) is 3.65. The molecule has 204 valence electrons. The fourth-order valence-corrected chi connectivity index (χ4v) is 4.92. The minimum Gasteiger partial charge on any atom is -0.482 e. The fourth-order valence-electron chi connectivity index (χ4n) is 4.28. The topological polar surface area (TPSA) is 116 Å². The highest BCUT2D eigenvalue weighted by molar-refractivity contribution is 14.1. The molecule has 2 aromatic carbocycles. The number of ketones is 1. The predicted molar refractivity (Wildman–Crippen MR) is 153 cm³/mol. The Morgan fingerprint density at radius 3 is 2.50 bits per heavy atom. The molecule has 8 nitrogen and oxygen atoms in total. The van der Waals surface area contributed by atoms with Crippen LogP contribution in [0.5, 0.6) is 5.75 Å². The third-order valence-electron chi connectivity index (χ3n) is 6.22. The van der Waals surface area contributed by atoms with Gasteiger partial charge in [0.25, 0.3) is 0 Å². The molecular weight excluding hydrogens is 623 g/mol. The van der Waals surface area contributed by atoms with Crippen molar-refractivity contribution in [1.29, 1.82) is 0 Å². The lowest BCUT2D eigenvalue weighted by molar-refractivity contribution is -0.139. The molecule has 3 N–H and O–H groups in total. The van der Waals surface area contributed by atoms with Gasteiger partial charge in [0.15, 0.2) is 0 Å². The summed E-state index contributed by atoms with van der Waals surface area (Å²) >= 11 is 8.18. The molecule has 0 radical (unpaired) electrons. The van der Waals surface area contributed by atoms with Crippen molar-refractivity contribution in [3.8, 4) is 5.75 Å². The van der Waals surface area contributed by atoms with E-state index in [0.29, 0.717) is 22.8 Å². The Morgan fingerprint density at radius 2 is 1.84 bits per heavy atom. The first-order valence-electron chi connectivity index (χ1n) is 12.4. The molecule has 0 aliphatic heterocycles. The second-order valence-electron chi connectivity index (χ2n) is 9.15. The van der Waals surface area contributed by atoms with Gasteiger partial charge in [-0.15, -0.1) is 0 Å². The smallest absolute Gasteiger partial charge is 0.247 e. The summed E-state index contributed by atoms with van der Waals surface area (Å²) in [6.07, 6.45) is 0.417. The van der Waals surface area contributed by atoms with Crippen molar-refractivity contribution < 1.29 is 29.3 Å². The standard InChI is InChI=1S/C28H32ClIN2O6/c1-18(34)5-4-8-26(35)32(17-19-9-11-21(29)12-10-19)23-15-20(28(37)31-13-14-33)16-25(27(23)36)38-24-7-3-2-6-22(24)30/h2-3,6-7,9-12,16,23,25,27,33,36H,4-5,8,13-15,17H2,1H3,(H,31,37)/t23-,25+,27+/m1/s1. The molecule has 0 saturated heterocycles. The maximum absolute atomic E-state index is 13.5. The van der Waals surface area contributed by atoms with Gasteiger partial charge in [-0.2, -0.15) is 0 Å². The molecular formula is C28H32ClIN2O6. The maximum atomic E-state index is 13.5. The molecule has 0 bridgehead atoms. The molecule has 0 aromatic heterocycles. The van der Waals surface area contributed by atoms with E-state index in [2.05, 4.69) is 27.9 Å². The number of para-hydroxylation sites is 1. The van der Waals surface area contributed by atoms with Gasteiger partial charge in [0.2, 0.25) is 11.8 Å². The number of ether oxygens (including phenoxy) is 1. The van der Waals surface area contributed by atoms with Crippen LogP contribution >= 0.6 is 34.2 Å². The number of nitrogens with zero attached hydrogens (tertiary/aromatic N) is 1. The van der Waals surface area contributed by atoms with Crippen LogP contribution in [0.4, 0.5) is 0 Å². The molecule has 3 rings (SSSR count). The molecule has 2 amide bonds. The Hall–Kier alpha value is -2.47. The minimum absolute atomic E-state index is 0.00328. The lowest BCUT2D eigenvalue weighted by Gasteiger charge is -2.40. The Balaban J connectivity index is 1.95. The summed E-state index contributed by atoms with van der Waals surface area (Å²) in [5.74, 6) is -0.101. The Kier molecular flexibility index (Phi) is 11.6. The van der Waals surface area contributed by atoms with Gasteiger partial charge < -0.3 is 30.0 Å². The summed E-state index contributed by atoms with van der Waals surface area (Å²) in [5, 5.41) is 23.9. The van der Waals surface area contributed by atoms with Gasteiger partial charge in [0.1, 0.15) is 23.7 Å². The highest BCUT2D eigenvalue weighted by Gasteiger charge is 2.40. The number of Topliss-reactive ketones (excluding diaryl/α,β-unsaturated/α-hetero) is 1. The number of halogens is 2. The molecule has 1 aliphatic rings. The van der Waals surface area contributed by atoms with Gasteiger partial charge in [0.05, 0.1) is 16.2 Å². The lowest BCUT2D eigenvalue weighted by atomic mass is 9.87. The van der Waals surface area contributed by atoms with E-state index in [0.717, 1.165) is 9.13 Å². The van der Waals surface area contributed by atoms with Crippen LogP contribution in [0, 0.1) is 3.57 Å². The quantitative estimate of drug-likeness (QED) is 0.301. The minimum atomic E-state index is -1.13. The van der Waals surface area contributed by atoms with Crippen molar-refractivity contribution in [2.45, 2.75) is 57.4 Å². The van der Waals surface area contributed by atoms with Crippen LogP contribution in [0.2, 0.25) is 5.02 Å². The number of aliphatic hydroxyl groups is 2. The lowest BCUT2D eigenvalue weighted by Crippen LogP contribution is -2.54. The number of amides is 2. The first-order chi connectivity index (χ1) is 18.2. The number of hydrogen-bond donors (Lipinski definition) is 3. The van der Waals surface area contributed by atoms with E-state index >= 15 is 0 Å². The van der Waals surface area contributed by atoms with Gasteiger partial charge in [-0.3, -0.25) is 9.59 Å². The van der Waals surface area contributed by atoms with E-state index in [4.69, 9.17) is 21.4 Å². The van der Waals surface area contributed by atoms with Crippen LogP contribution in [0.3, 0.4) is 0 Å². The van der Waals surface area contributed by atoms with Gasteiger partial charge in [-0.1, -0.05) is 35.9 Å². The molecule has 38 heavy (non-hydrogen) atoms. The number of aliphatic hydroxyl groups excluding tert-OH is 2. The van der Waals surface area contributed by atoms with E-state index in [9.17, 15) is 19.5 Å². The van der Waals surface area contributed by atoms with E-state index < -0.39 is 24.2 Å². The highest BCUT2D eigenvalue weighted by atomic mass is 127. The summed E-state index contributed by atoms with van der Waals surface area (Å²) < 4.78 is 6.99. The summed E-state index contributed by atoms with van der Waals surface area (Å²) in [4.78, 5) is 39.4. The van der Waals surface area contributed by atoms with Crippen molar-refractivity contribution >= 4 is 51.8 Å². The maximum Gasteiger partial charge on any atom is 0.247 e. The van der Waals surface area contributed by atoms with Crippen LogP contribution in [0.15, 0.2) is 60.2 Å². The van der Waals surface area contributed by atoms with Gasteiger partial charge in [0, 0.05) is 42.9 Å². The summed E-state index contributed by atoms with van der Waals surface area (Å²) in [6, 6.07) is 13.6. The number of hydrogen-bond acceptors (Lipinski definition) is 6. The Bertz CT molecular complexity index is 1160. The van der Waals surface area contributed by atoms with E-state index in [1.165, 1.54) is 6.92 Å². The third kappa shape index (κ3) is 8.52. The van der Waals surface area contributed by atoms with Crippen molar-refractivity contribution in [1.82, 2.24) is 10.2 Å². The van der Waals surface area contributed by atoms with Gasteiger partial charge in [-0.05, 0) is 71.8 Å². The molecule has 0 heterocycles. The number of carbonyl (C=O) groups excluding carboxylic acids is 3. The molecule has 1 aliphatic carbocycles. The highest BCUT2D eigenvalue weighted by Crippen LogP contribution is 2.31. The van der Waals surface area contributed by atoms with Crippen LogP contribution < -0.4 is 10.1 Å². The summed E-state index contributed by atoms with van der Waals surface area (Å²) in [5.41, 5.74) is 1.15. The van der Waals surface area contributed by atoms with Crippen molar-refractivity contribution in [3.05, 3.63) is 74.3 Å². The second kappa shape index (κ2) is 14.6. The zero-order valence-electron chi connectivity index (χ0n) is 21.1. The SMILES string of the molecule is CC(=O)CCCC(=O)N(Cc1ccc(Cl)cc1)[C@@H]1CC(C(=O)NCCO)=C[C@H](Oc2ccccc2I)[C@H]1O. The van der Waals surface area contributed by atoms with Crippen LogP contribution in [-0.4, -0.2) is 64.1 Å². The number of carbonyl (C=O) groups is 3. The van der Waals surface area contributed by atoms with Crippen molar-refractivity contribution in [3.63, 3.8) is 0 Å². The first-order valence-corrected chi connectivity index (χ1v) is 13.9. The monoisotopic (exact) mass is 654 g/mol. The van der Waals surface area contributed by atoms with Crippen LogP contribution in [-0.2, 0) is 20.9 Å². The second-order valence-corrected chi connectivity index (χ2v) is 10.7. The van der Waals surface area contributed by atoms with Crippen LogP contribution in [0.1, 0.15) is 38.2 Å². The average molecular weight is 655 g/mol. The number of benzene rings is 2. The Labute approximate surface area is 241 Å². The first kappa shape index (κ1) is 30.1. The molecule has 0 spiro atoms. The van der Waals surface area contributed by atoms with Gasteiger partial charge >= 0.3 is 0 Å². The fraction of sp³-hybridized carbons (Fsp3) is 0.393. The zero-order valence-corrected chi connectivity index (χ0v) is 24.0. The van der Waals surface area contributed by atoms with E-state index in [1.807, 2.05) is 18.2 Å². The van der Waals surface area contributed by atoms with Crippen molar-refractivity contribution in [2.24, 2.45) is 0 Å². The Morgan fingerprint density at radius 1 is 1.13 bits per heavy atom. The average Bonchev–Trinajstić information content (AvgIpc) is 2.89. The third-order valence-corrected chi connectivity index (χ3v) is 7.36. The van der Waals surface area contributed by atoms with Gasteiger partial charge in [-0.25, -0.2) is 0 Å². The molecule has 0 fully saturated rings. The van der Waals surface area contributed by atoms with Crippen molar-refractivity contribution in [2.75, 3.05) is 13.2 Å². The number of rotatable bonds is 12. The zero-order chi connectivity index (χ0) is 27.7. The summed E-state index contributed by atoms with van der Waals surface area (Å²) in [7, 11) is 0. The molecule has 2 aromatic rings. The largest absolute Gasteiger partial charge is 0.482 e. The van der Waals surface area contributed by atoms with E-state index in [-0.39, 0.29) is 50.6 Å². The normalized spacial score (nSPS) is 18.9. The summed E-state index contributed by atoms with van der Waals surface area (Å²) in [6.45, 7) is 1.52.